The first-order valence-corrected chi connectivity index (χ1v) is 10.3. The van der Waals surface area contributed by atoms with E-state index in [1.54, 1.807) is 12.4 Å². The Kier molecular flexibility index (Phi) is 5.21. The number of aromatic amines is 1. The van der Waals surface area contributed by atoms with Crippen molar-refractivity contribution in [1.29, 1.82) is 0 Å². The number of carbonyl (C=O) groups excluding carboxylic acids is 1. The zero-order valence-corrected chi connectivity index (χ0v) is 17.1. The maximum absolute atomic E-state index is 12.8. The number of carbonyl (C=O) groups is 1. The van der Waals surface area contributed by atoms with Crippen LogP contribution < -0.4 is 15.4 Å². The molecule has 162 valence electrons. The Morgan fingerprint density at radius 2 is 2.35 bits per heavy atom. The van der Waals surface area contributed by atoms with Crippen LogP contribution in [0.2, 0.25) is 0 Å². The van der Waals surface area contributed by atoms with Crippen LogP contribution in [0.1, 0.15) is 30.8 Å². The molecule has 2 aliphatic rings. The van der Waals surface area contributed by atoms with Crippen LogP contribution >= 0.6 is 0 Å². The number of hydrogen-bond acceptors (Lipinski definition) is 7. The molecule has 31 heavy (non-hydrogen) atoms. The second-order valence-corrected chi connectivity index (χ2v) is 7.59. The summed E-state index contributed by atoms with van der Waals surface area (Å²) in [5, 5.41) is 12.6. The Labute approximate surface area is 178 Å². The summed E-state index contributed by atoms with van der Waals surface area (Å²) >= 11 is 0. The molecule has 10 nitrogen and oxygen atoms in total. The number of hydrogen-bond donors (Lipinski definition) is 3. The molecule has 1 saturated heterocycles. The largest absolute Gasteiger partial charge is 0.491 e. The molecule has 0 spiro atoms. The molecule has 1 amide bonds. The fourth-order valence-corrected chi connectivity index (χ4v) is 3.80. The van der Waals surface area contributed by atoms with Crippen molar-refractivity contribution in [1.82, 2.24) is 24.9 Å². The molecule has 0 saturated carbocycles. The van der Waals surface area contributed by atoms with Crippen molar-refractivity contribution in [2.75, 3.05) is 25.1 Å². The minimum atomic E-state index is -0.455. The third-order valence-corrected chi connectivity index (χ3v) is 5.35. The van der Waals surface area contributed by atoms with Crippen molar-refractivity contribution in [3.63, 3.8) is 0 Å². The number of nitrogens with zero attached hydrogens (tertiary/aromatic N) is 3. The molecule has 3 aromatic rings. The number of imidazole rings is 1. The van der Waals surface area contributed by atoms with Crippen LogP contribution in [0.5, 0.6) is 5.75 Å². The number of ether oxygens (including phenoxy) is 3. The van der Waals surface area contributed by atoms with E-state index in [2.05, 4.69) is 20.8 Å². The Bertz CT molecular complexity index is 1100. The molecule has 2 atom stereocenters. The summed E-state index contributed by atoms with van der Waals surface area (Å²) in [5.41, 5.74) is 3.45. The Morgan fingerprint density at radius 1 is 1.42 bits per heavy atom. The maximum Gasteiger partial charge on any atom is 0.275 e. The van der Waals surface area contributed by atoms with Gasteiger partial charge in [-0.15, -0.1) is 0 Å². The lowest BCUT2D eigenvalue weighted by Crippen LogP contribution is -2.25. The maximum atomic E-state index is 12.8. The van der Waals surface area contributed by atoms with Crippen molar-refractivity contribution < 1.29 is 19.0 Å². The summed E-state index contributed by atoms with van der Waals surface area (Å²) < 4.78 is 18.7. The highest BCUT2D eigenvalue weighted by molar-refractivity contribution is 6.04. The molecule has 0 bridgehead atoms. The monoisotopic (exact) mass is 424 g/mol. The van der Waals surface area contributed by atoms with E-state index in [0.29, 0.717) is 29.7 Å². The van der Waals surface area contributed by atoms with Gasteiger partial charge in [0.05, 0.1) is 24.1 Å². The fraction of sp³-hybridized carbons (Fsp3) is 0.381. The molecule has 0 aromatic carbocycles. The molecule has 5 heterocycles. The summed E-state index contributed by atoms with van der Waals surface area (Å²) in [6.07, 6.45) is 10.0. The number of nitrogens with one attached hydrogen (secondary N) is 3. The second kappa shape index (κ2) is 8.31. The van der Waals surface area contributed by atoms with E-state index < -0.39 is 6.23 Å². The molecule has 5 rings (SSSR count). The van der Waals surface area contributed by atoms with Gasteiger partial charge in [-0.2, -0.15) is 5.10 Å². The molecule has 2 unspecified atom stereocenters. The lowest BCUT2D eigenvalue weighted by Gasteiger charge is -2.13. The van der Waals surface area contributed by atoms with Gasteiger partial charge in [0.2, 0.25) is 0 Å². The number of rotatable bonds is 7. The SMILES string of the molecule is CCOc1cc2nc(CC3CCOC3)cn2cc1NC(=O)C1=COC(c2cn[nH]c2)N1. The molecule has 2 aliphatic heterocycles. The van der Waals surface area contributed by atoms with E-state index in [9.17, 15) is 4.79 Å². The molecule has 3 aromatic heterocycles. The quantitative estimate of drug-likeness (QED) is 0.532. The number of fused-ring (bicyclic) bond motifs is 1. The van der Waals surface area contributed by atoms with Crippen LogP contribution in [0.4, 0.5) is 5.69 Å². The van der Waals surface area contributed by atoms with E-state index in [-0.39, 0.29) is 5.91 Å². The van der Waals surface area contributed by atoms with Crippen LogP contribution in [0, 0.1) is 5.92 Å². The van der Waals surface area contributed by atoms with Gasteiger partial charge in [-0.1, -0.05) is 0 Å². The predicted molar refractivity (Wildman–Crippen MR) is 111 cm³/mol. The van der Waals surface area contributed by atoms with Gasteiger partial charge >= 0.3 is 0 Å². The van der Waals surface area contributed by atoms with Crippen LogP contribution in [0.15, 0.2) is 42.8 Å². The van der Waals surface area contributed by atoms with Crippen molar-refractivity contribution in [2.45, 2.75) is 26.0 Å². The summed E-state index contributed by atoms with van der Waals surface area (Å²) in [6.45, 7) is 3.97. The van der Waals surface area contributed by atoms with Crippen molar-refractivity contribution in [3.8, 4) is 5.75 Å². The van der Waals surface area contributed by atoms with E-state index >= 15 is 0 Å². The van der Waals surface area contributed by atoms with Crippen molar-refractivity contribution >= 4 is 17.2 Å². The van der Waals surface area contributed by atoms with E-state index in [1.807, 2.05) is 29.8 Å². The van der Waals surface area contributed by atoms with Crippen LogP contribution in [0.3, 0.4) is 0 Å². The van der Waals surface area contributed by atoms with E-state index in [0.717, 1.165) is 43.0 Å². The normalized spacial score (nSPS) is 20.4. The van der Waals surface area contributed by atoms with Crippen LogP contribution in [-0.2, 0) is 20.7 Å². The smallest absolute Gasteiger partial charge is 0.275 e. The molecule has 0 aliphatic carbocycles. The topological polar surface area (TPSA) is 115 Å². The van der Waals surface area contributed by atoms with E-state index in [4.69, 9.17) is 19.2 Å². The zero-order chi connectivity index (χ0) is 21.2. The Morgan fingerprint density at radius 3 is 3.13 bits per heavy atom. The number of pyridine rings is 1. The van der Waals surface area contributed by atoms with E-state index in [1.165, 1.54) is 6.26 Å². The lowest BCUT2D eigenvalue weighted by molar-refractivity contribution is -0.113. The number of aromatic nitrogens is 4. The number of amides is 1. The molecular weight excluding hydrogens is 400 g/mol. The standard InChI is InChI=1S/C21H24N6O4/c1-2-30-18-6-19-24-15(5-13-3-4-29-11-13)9-27(19)10-16(18)25-20(28)17-12-31-21(26-17)14-7-22-23-8-14/h6-10,12-13,21,26H,2-5,11H2,1H3,(H,22,23)(H,25,28). The summed E-state index contributed by atoms with van der Waals surface area (Å²) in [6, 6.07) is 1.84. The summed E-state index contributed by atoms with van der Waals surface area (Å²) in [5.74, 6) is 0.740. The first-order valence-electron chi connectivity index (χ1n) is 10.3. The average Bonchev–Trinajstić information content (AvgIpc) is 3.54. The van der Waals surface area contributed by atoms with Gasteiger partial charge < -0.3 is 29.2 Å². The average molecular weight is 424 g/mol. The van der Waals surface area contributed by atoms with Gasteiger partial charge in [0.25, 0.3) is 5.91 Å². The van der Waals surface area contributed by atoms with Gasteiger partial charge in [-0.25, -0.2) is 4.98 Å². The zero-order valence-electron chi connectivity index (χ0n) is 17.1. The molecule has 0 radical (unpaired) electrons. The molecule has 1 fully saturated rings. The highest BCUT2D eigenvalue weighted by Crippen LogP contribution is 2.29. The first kappa shape index (κ1) is 19.4. The second-order valence-electron chi connectivity index (χ2n) is 7.59. The van der Waals surface area contributed by atoms with Crippen molar-refractivity contribution in [3.05, 3.63) is 54.1 Å². The van der Waals surface area contributed by atoms with Crippen LogP contribution in [-0.4, -0.2) is 45.3 Å². The fourth-order valence-electron chi connectivity index (χ4n) is 3.80. The van der Waals surface area contributed by atoms with Crippen LogP contribution in [0.25, 0.3) is 5.65 Å². The number of anilines is 1. The molecule has 3 N–H and O–H groups in total. The third-order valence-electron chi connectivity index (χ3n) is 5.35. The molecular formula is C21H24N6O4. The Hall–Kier alpha value is -3.53. The summed E-state index contributed by atoms with van der Waals surface area (Å²) in [7, 11) is 0. The van der Waals surface area contributed by atoms with Gasteiger partial charge in [0.15, 0.2) is 6.23 Å². The summed E-state index contributed by atoms with van der Waals surface area (Å²) in [4.78, 5) is 17.5. The number of H-pyrrole nitrogens is 1. The minimum absolute atomic E-state index is 0.321. The highest BCUT2D eigenvalue weighted by Gasteiger charge is 2.25. The van der Waals surface area contributed by atoms with Gasteiger partial charge in [-0.3, -0.25) is 9.89 Å². The third kappa shape index (κ3) is 4.06. The van der Waals surface area contributed by atoms with Gasteiger partial charge in [0.1, 0.15) is 29.0 Å². The predicted octanol–water partition coefficient (Wildman–Crippen LogP) is 2.13. The van der Waals surface area contributed by atoms with Gasteiger partial charge in [0, 0.05) is 37.9 Å². The Balaban J connectivity index is 1.34. The van der Waals surface area contributed by atoms with Crippen molar-refractivity contribution in [2.24, 2.45) is 5.92 Å². The molecule has 10 heteroatoms. The van der Waals surface area contributed by atoms with Gasteiger partial charge in [-0.05, 0) is 25.7 Å². The minimum Gasteiger partial charge on any atom is -0.491 e. The first-order chi connectivity index (χ1) is 15.2. The lowest BCUT2D eigenvalue weighted by atomic mass is 10.0. The highest BCUT2D eigenvalue weighted by atomic mass is 16.5.